The van der Waals surface area contributed by atoms with Crippen molar-refractivity contribution >= 4 is 46.5 Å². The molecule has 0 saturated carbocycles. The number of nitrogens with zero attached hydrogens (tertiary/aromatic N) is 3. The van der Waals surface area contributed by atoms with Crippen molar-refractivity contribution in [3.05, 3.63) is 50.9 Å². The number of aryl methyl sites for hydroxylation is 1. The first-order chi connectivity index (χ1) is 17.2. The maximum Gasteiger partial charge on any atom is 0.416 e. The molecule has 13 heteroatoms. The maximum atomic E-state index is 14.4. The third-order valence-electron chi connectivity index (χ3n) is 6.57. The van der Waals surface area contributed by atoms with Gasteiger partial charge in [0.2, 0.25) is 0 Å². The van der Waals surface area contributed by atoms with Crippen LogP contribution in [0.5, 0.6) is 0 Å². The highest BCUT2D eigenvalue weighted by molar-refractivity contribution is 6.36. The predicted octanol–water partition coefficient (Wildman–Crippen LogP) is 5.07. The molecule has 0 N–H and O–H groups in total. The van der Waals surface area contributed by atoms with E-state index in [0.29, 0.717) is 24.5 Å². The summed E-state index contributed by atoms with van der Waals surface area (Å²) in [6.07, 6.45) is -6.28. The normalized spacial score (nSPS) is 24.9. The van der Waals surface area contributed by atoms with Crippen molar-refractivity contribution in [3.63, 3.8) is 0 Å². The zero-order chi connectivity index (χ0) is 27.0. The number of anilines is 2. The minimum absolute atomic E-state index is 0.000377. The fourth-order valence-electron chi connectivity index (χ4n) is 5.10. The molecule has 3 atom stereocenters. The van der Waals surface area contributed by atoms with Crippen LogP contribution in [-0.2, 0) is 31.7 Å². The Balaban J connectivity index is 1.63. The van der Waals surface area contributed by atoms with Crippen LogP contribution < -0.4 is 9.80 Å². The third kappa shape index (κ3) is 4.35. The smallest absolute Gasteiger partial charge is 0.341 e. The lowest BCUT2D eigenvalue weighted by Crippen LogP contribution is -2.53. The maximum absolute atomic E-state index is 14.4. The third-order valence-corrected chi connectivity index (χ3v) is 7.24. The number of ether oxygens (including phenoxy) is 2. The van der Waals surface area contributed by atoms with Gasteiger partial charge in [0.25, 0.3) is 11.8 Å². The fraction of sp³-hybridized carbons (Fsp3) is 0.458. The molecule has 37 heavy (non-hydrogen) atoms. The molecule has 0 radical (unpaired) electrons. The van der Waals surface area contributed by atoms with E-state index in [9.17, 15) is 27.2 Å². The van der Waals surface area contributed by atoms with E-state index in [2.05, 4.69) is 4.98 Å². The lowest BCUT2D eigenvalue weighted by atomic mass is 9.99. The summed E-state index contributed by atoms with van der Waals surface area (Å²) in [4.78, 5) is 33.9. The Hall–Kier alpha value is -2.47. The summed E-state index contributed by atoms with van der Waals surface area (Å²) >= 11 is 12.2. The molecule has 0 unspecified atom stereocenters. The zero-order valence-corrected chi connectivity index (χ0v) is 21.3. The standard InChI is InChI=1S/C24H21Cl2F4N3O4/c1-10-7-11(24(28,29)30)8-15(31-10)33-18(19-20(22(33)35)37-23(2,3)36-19)21(34)32-6-4-5-12-14(32)9-13(25)17(27)16(12)26/h7-9,18-20H,4-6H2,1-3H3/t18-,19-,20-/m0/s1. The monoisotopic (exact) mass is 561 g/mol. The van der Waals surface area contributed by atoms with E-state index >= 15 is 0 Å². The van der Waals surface area contributed by atoms with Crippen LogP contribution in [-0.4, -0.2) is 47.4 Å². The van der Waals surface area contributed by atoms with Gasteiger partial charge < -0.3 is 14.4 Å². The quantitative estimate of drug-likeness (QED) is 0.378. The Labute approximate surface area is 219 Å². The van der Waals surface area contributed by atoms with Gasteiger partial charge in [0.15, 0.2) is 17.7 Å². The molecule has 5 rings (SSSR count). The first kappa shape index (κ1) is 26.1. The highest BCUT2D eigenvalue weighted by Gasteiger charge is 2.61. The summed E-state index contributed by atoms with van der Waals surface area (Å²) in [6.45, 7) is 4.66. The molecule has 2 fully saturated rings. The summed E-state index contributed by atoms with van der Waals surface area (Å²) in [5, 5.41) is -0.508. The first-order valence-electron chi connectivity index (χ1n) is 11.4. The van der Waals surface area contributed by atoms with Crippen LogP contribution in [0.4, 0.5) is 29.1 Å². The summed E-state index contributed by atoms with van der Waals surface area (Å²) in [7, 11) is 0. The Bertz CT molecular complexity index is 1320. The minimum Gasteiger partial charge on any atom is -0.341 e. The number of amides is 2. The van der Waals surface area contributed by atoms with E-state index in [1.165, 1.54) is 17.9 Å². The second kappa shape index (κ2) is 8.79. The van der Waals surface area contributed by atoms with Crippen molar-refractivity contribution in [1.82, 2.24) is 4.98 Å². The number of halogens is 6. The van der Waals surface area contributed by atoms with Crippen molar-refractivity contribution in [2.45, 2.75) is 63.8 Å². The van der Waals surface area contributed by atoms with Gasteiger partial charge in [0.05, 0.1) is 21.3 Å². The van der Waals surface area contributed by atoms with Gasteiger partial charge in [-0.1, -0.05) is 23.2 Å². The molecule has 2 amide bonds. The molecule has 198 valence electrons. The molecule has 1 aromatic heterocycles. The van der Waals surface area contributed by atoms with Crippen molar-refractivity contribution in [2.24, 2.45) is 0 Å². The molecule has 1 aromatic carbocycles. The number of fused-ring (bicyclic) bond motifs is 2. The SMILES string of the molecule is Cc1cc(C(F)(F)F)cc(N2C(=O)[C@H]3OC(C)(C)O[C@H]3[C@H]2C(=O)N2CCCc3c2cc(Cl)c(F)c3Cl)n1. The number of hydrogen-bond donors (Lipinski definition) is 0. The molecule has 2 aromatic rings. The lowest BCUT2D eigenvalue weighted by molar-refractivity contribution is -0.161. The van der Waals surface area contributed by atoms with Crippen molar-refractivity contribution in [2.75, 3.05) is 16.3 Å². The van der Waals surface area contributed by atoms with E-state index in [1.807, 2.05) is 0 Å². The molecule has 4 heterocycles. The van der Waals surface area contributed by atoms with E-state index in [0.717, 1.165) is 11.0 Å². The largest absolute Gasteiger partial charge is 0.416 e. The van der Waals surface area contributed by atoms with Crippen LogP contribution in [0.2, 0.25) is 10.0 Å². The van der Waals surface area contributed by atoms with Gasteiger partial charge in [-0.25, -0.2) is 9.37 Å². The average molecular weight is 562 g/mol. The highest BCUT2D eigenvalue weighted by atomic mass is 35.5. The summed E-state index contributed by atoms with van der Waals surface area (Å²) in [6, 6.07) is 1.42. The van der Waals surface area contributed by atoms with Crippen LogP contribution in [0.25, 0.3) is 0 Å². The number of aromatic nitrogens is 1. The van der Waals surface area contributed by atoms with E-state index in [4.69, 9.17) is 32.7 Å². The second-order valence-electron chi connectivity index (χ2n) is 9.60. The minimum atomic E-state index is -4.71. The molecule has 3 aliphatic heterocycles. The van der Waals surface area contributed by atoms with E-state index in [1.54, 1.807) is 13.8 Å². The molecule has 0 bridgehead atoms. The number of hydrogen-bond acceptors (Lipinski definition) is 5. The van der Waals surface area contributed by atoms with Gasteiger partial charge in [-0.15, -0.1) is 0 Å². The Morgan fingerprint density at radius 1 is 1.19 bits per heavy atom. The zero-order valence-electron chi connectivity index (χ0n) is 19.8. The van der Waals surface area contributed by atoms with Crippen molar-refractivity contribution in [3.8, 4) is 0 Å². The Morgan fingerprint density at radius 3 is 2.57 bits per heavy atom. The average Bonchev–Trinajstić information content (AvgIpc) is 3.26. The Kier molecular flexibility index (Phi) is 6.21. The Morgan fingerprint density at radius 2 is 1.89 bits per heavy atom. The number of benzene rings is 1. The van der Waals surface area contributed by atoms with Crippen LogP contribution in [0.3, 0.4) is 0 Å². The molecular weight excluding hydrogens is 541 g/mol. The van der Waals surface area contributed by atoms with Crippen LogP contribution in [0.1, 0.15) is 37.1 Å². The summed E-state index contributed by atoms with van der Waals surface area (Å²) < 4.78 is 66.7. The highest BCUT2D eigenvalue weighted by Crippen LogP contribution is 2.44. The van der Waals surface area contributed by atoms with Gasteiger partial charge in [0, 0.05) is 12.2 Å². The lowest BCUT2D eigenvalue weighted by Gasteiger charge is -2.36. The van der Waals surface area contributed by atoms with Gasteiger partial charge >= 0.3 is 6.18 Å². The number of carbonyl (C=O) groups is 2. The summed E-state index contributed by atoms with van der Waals surface area (Å²) in [5.74, 6) is -3.82. The predicted molar refractivity (Wildman–Crippen MR) is 126 cm³/mol. The molecule has 3 aliphatic rings. The number of pyridine rings is 1. The van der Waals surface area contributed by atoms with Gasteiger partial charge in [0.1, 0.15) is 18.0 Å². The molecular formula is C24H21Cl2F4N3O4. The first-order valence-corrected chi connectivity index (χ1v) is 12.2. The van der Waals surface area contributed by atoms with E-state index < -0.39 is 53.4 Å². The summed E-state index contributed by atoms with van der Waals surface area (Å²) in [5.41, 5.74) is -0.395. The number of rotatable bonds is 2. The van der Waals surface area contributed by atoms with Gasteiger partial charge in [-0.2, -0.15) is 13.2 Å². The molecule has 0 aliphatic carbocycles. The van der Waals surface area contributed by atoms with Crippen LogP contribution in [0, 0.1) is 12.7 Å². The van der Waals surface area contributed by atoms with Gasteiger partial charge in [-0.3, -0.25) is 14.5 Å². The molecule has 2 saturated heterocycles. The topological polar surface area (TPSA) is 72.0 Å². The molecule has 0 spiro atoms. The van der Waals surface area contributed by atoms with E-state index in [-0.39, 0.29) is 33.8 Å². The number of alkyl halides is 3. The number of carbonyl (C=O) groups excluding carboxylic acids is 2. The van der Waals surface area contributed by atoms with Crippen molar-refractivity contribution < 1.29 is 36.6 Å². The van der Waals surface area contributed by atoms with Crippen LogP contribution >= 0.6 is 23.2 Å². The van der Waals surface area contributed by atoms with Crippen LogP contribution in [0.15, 0.2) is 18.2 Å². The van der Waals surface area contributed by atoms with Crippen molar-refractivity contribution in [1.29, 1.82) is 0 Å². The van der Waals surface area contributed by atoms with Gasteiger partial charge in [-0.05, 0) is 57.4 Å². The molecule has 7 nitrogen and oxygen atoms in total. The second-order valence-corrected chi connectivity index (χ2v) is 10.4. The fourth-order valence-corrected chi connectivity index (χ4v) is 5.64.